The molecule has 0 amide bonds. The molecule has 0 spiro atoms. The van der Waals surface area contributed by atoms with Gasteiger partial charge in [0.2, 0.25) is 0 Å². The Balaban J connectivity index is 1.91. The van der Waals surface area contributed by atoms with Gasteiger partial charge in [-0.05, 0) is 37.1 Å². The van der Waals surface area contributed by atoms with E-state index in [4.69, 9.17) is 8.83 Å². The average molecular weight is 269 g/mol. The molecule has 1 N–H and O–H groups in total. The first-order chi connectivity index (χ1) is 9.88. The molecule has 0 radical (unpaired) electrons. The highest BCUT2D eigenvalue weighted by molar-refractivity contribution is 5.81. The van der Waals surface area contributed by atoms with Gasteiger partial charge in [0, 0.05) is 17.0 Å². The molecule has 0 saturated heterocycles. The highest BCUT2D eigenvalue weighted by atomic mass is 16.3. The van der Waals surface area contributed by atoms with Gasteiger partial charge in [0.1, 0.15) is 5.58 Å². The van der Waals surface area contributed by atoms with Gasteiger partial charge in [0.15, 0.2) is 0 Å². The predicted octanol–water partition coefficient (Wildman–Crippen LogP) is 4.31. The zero-order valence-electron chi connectivity index (χ0n) is 11.6. The van der Waals surface area contributed by atoms with E-state index in [1.165, 1.54) is 16.5 Å². The first kappa shape index (κ1) is 13.0. The number of rotatable bonds is 6. The summed E-state index contributed by atoms with van der Waals surface area (Å²) in [6.07, 6.45) is 7.42. The minimum absolute atomic E-state index is 0.246. The largest absolute Gasteiger partial charge is 0.472 e. The Morgan fingerprint density at radius 3 is 2.85 bits per heavy atom. The summed E-state index contributed by atoms with van der Waals surface area (Å²) in [4.78, 5) is 0. The molecule has 104 valence electrons. The molecule has 1 unspecified atom stereocenters. The van der Waals surface area contributed by atoms with Crippen molar-refractivity contribution >= 4 is 11.0 Å². The van der Waals surface area contributed by atoms with Crippen molar-refractivity contribution in [3.8, 4) is 0 Å². The second kappa shape index (κ2) is 5.97. The number of hydrogen-bond acceptors (Lipinski definition) is 3. The van der Waals surface area contributed by atoms with Crippen LogP contribution in [0.5, 0.6) is 0 Å². The van der Waals surface area contributed by atoms with Crippen LogP contribution in [0.1, 0.15) is 30.5 Å². The fourth-order valence-corrected chi connectivity index (χ4v) is 2.52. The van der Waals surface area contributed by atoms with Crippen molar-refractivity contribution in [2.24, 2.45) is 0 Å². The molecule has 3 heteroatoms. The van der Waals surface area contributed by atoms with Crippen LogP contribution in [-0.2, 0) is 6.42 Å². The SMILES string of the molecule is CCCNC(Cc1ccoc1)c1coc2ccccc12. The van der Waals surface area contributed by atoms with E-state index in [9.17, 15) is 0 Å². The maximum atomic E-state index is 5.67. The van der Waals surface area contributed by atoms with Gasteiger partial charge in [-0.25, -0.2) is 0 Å². The fourth-order valence-electron chi connectivity index (χ4n) is 2.52. The van der Waals surface area contributed by atoms with Crippen LogP contribution in [-0.4, -0.2) is 6.54 Å². The minimum atomic E-state index is 0.246. The Hall–Kier alpha value is -2.00. The number of furan rings is 2. The lowest BCUT2D eigenvalue weighted by Crippen LogP contribution is -2.23. The van der Waals surface area contributed by atoms with Gasteiger partial charge in [-0.2, -0.15) is 0 Å². The van der Waals surface area contributed by atoms with Crippen molar-refractivity contribution in [2.75, 3.05) is 6.54 Å². The molecule has 0 aliphatic carbocycles. The summed E-state index contributed by atoms with van der Waals surface area (Å²) >= 11 is 0. The molecule has 1 aromatic carbocycles. The monoisotopic (exact) mass is 269 g/mol. The second-order valence-electron chi connectivity index (χ2n) is 5.03. The maximum Gasteiger partial charge on any atom is 0.134 e. The molecule has 0 bridgehead atoms. The van der Waals surface area contributed by atoms with Crippen LogP contribution < -0.4 is 5.32 Å². The van der Waals surface area contributed by atoms with Crippen LogP contribution in [0.3, 0.4) is 0 Å². The fraction of sp³-hybridized carbons (Fsp3) is 0.294. The lowest BCUT2D eigenvalue weighted by molar-refractivity contribution is 0.513. The van der Waals surface area contributed by atoms with Gasteiger partial charge in [0.05, 0.1) is 18.8 Å². The van der Waals surface area contributed by atoms with Crippen LogP contribution >= 0.6 is 0 Å². The molecule has 3 nitrogen and oxygen atoms in total. The highest BCUT2D eigenvalue weighted by Crippen LogP contribution is 2.28. The van der Waals surface area contributed by atoms with E-state index in [0.29, 0.717) is 0 Å². The maximum absolute atomic E-state index is 5.67. The van der Waals surface area contributed by atoms with Crippen molar-refractivity contribution < 1.29 is 8.83 Å². The van der Waals surface area contributed by atoms with Crippen molar-refractivity contribution in [2.45, 2.75) is 25.8 Å². The number of benzene rings is 1. The number of nitrogens with one attached hydrogen (secondary N) is 1. The van der Waals surface area contributed by atoms with E-state index >= 15 is 0 Å². The smallest absolute Gasteiger partial charge is 0.134 e. The molecule has 20 heavy (non-hydrogen) atoms. The quantitative estimate of drug-likeness (QED) is 0.724. The molecular formula is C17H19NO2. The lowest BCUT2D eigenvalue weighted by Gasteiger charge is -2.16. The number of hydrogen-bond donors (Lipinski definition) is 1. The van der Waals surface area contributed by atoms with E-state index in [0.717, 1.165) is 25.0 Å². The topological polar surface area (TPSA) is 38.3 Å². The molecule has 0 aliphatic rings. The molecule has 2 heterocycles. The summed E-state index contributed by atoms with van der Waals surface area (Å²) < 4.78 is 10.8. The summed E-state index contributed by atoms with van der Waals surface area (Å²) in [5.41, 5.74) is 3.36. The molecule has 0 aliphatic heterocycles. The van der Waals surface area contributed by atoms with Crippen molar-refractivity contribution in [1.82, 2.24) is 5.32 Å². The summed E-state index contributed by atoms with van der Waals surface area (Å²) in [6.45, 7) is 3.16. The van der Waals surface area contributed by atoms with Gasteiger partial charge in [-0.3, -0.25) is 0 Å². The second-order valence-corrected chi connectivity index (χ2v) is 5.03. The number of fused-ring (bicyclic) bond motifs is 1. The zero-order valence-corrected chi connectivity index (χ0v) is 11.6. The summed E-state index contributed by atoms with van der Waals surface area (Å²) in [5.74, 6) is 0. The number of para-hydroxylation sites is 1. The highest BCUT2D eigenvalue weighted by Gasteiger charge is 2.17. The average Bonchev–Trinajstić information content (AvgIpc) is 3.12. The third-order valence-electron chi connectivity index (χ3n) is 3.55. The van der Waals surface area contributed by atoms with E-state index in [2.05, 4.69) is 24.4 Å². The van der Waals surface area contributed by atoms with Crippen LogP contribution in [0.15, 0.2) is 58.0 Å². The first-order valence-corrected chi connectivity index (χ1v) is 7.09. The van der Waals surface area contributed by atoms with Crippen molar-refractivity contribution in [3.05, 3.63) is 60.2 Å². The van der Waals surface area contributed by atoms with Crippen molar-refractivity contribution in [3.63, 3.8) is 0 Å². The summed E-state index contributed by atoms with van der Waals surface area (Å²) in [6, 6.07) is 10.4. The van der Waals surface area contributed by atoms with E-state index < -0.39 is 0 Å². The zero-order chi connectivity index (χ0) is 13.8. The summed E-state index contributed by atoms with van der Waals surface area (Å²) in [5, 5.41) is 4.79. The van der Waals surface area contributed by atoms with Gasteiger partial charge in [-0.15, -0.1) is 0 Å². The van der Waals surface area contributed by atoms with Gasteiger partial charge < -0.3 is 14.2 Å². The van der Waals surface area contributed by atoms with Crippen molar-refractivity contribution in [1.29, 1.82) is 0 Å². The Bertz CT molecular complexity index is 655. The van der Waals surface area contributed by atoms with E-state index in [-0.39, 0.29) is 6.04 Å². The Morgan fingerprint density at radius 2 is 2.05 bits per heavy atom. The predicted molar refractivity (Wildman–Crippen MR) is 79.7 cm³/mol. The molecule has 0 fully saturated rings. The minimum Gasteiger partial charge on any atom is -0.472 e. The molecule has 2 aromatic heterocycles. The third-order valence-corrected chi connectivity index (χ3v) is 3.55. The summed E-state index contributed by atoms with van der Waals surface area (Å²) in [7, 11) is 0. The van der Waals surface area contributed by atoms with E-state index in [1.54, 1.807) is 6.26 Å². The van der Waals surface area contributed by atoms with Crippen LogP contribution in [0, 0.1) is 0 Å². The normalized spacial score (nSPS) is 12.8. The van der Waals surface area contributed by atoms with E-state index in [1.807, 2.05) is 30.7 Å². The Kier molecular flexibility index (Phi) is 3.88. The molecular weight excluding hydrogens is 250 g/mol. The van der Waals surface area contributed by atoms with Gasteiger partial charge in [-0.1, -0.05) is 25.1 Å². The standard InChI is InChI=1S/C17H19NO2/c1-2-8-18-16(10-13-7-9-19-11-13)15-12-20-17-6-4-3-5-14(15)17/h3-7,9,11-12,16,18H,2,8,10H2,1H3. The molecule has 3 aromatic rings. The Morgan fingerprint density at radius 1 is 1.15 bits per heavy atom. The Labute approximate surface area is 118 Å². The molecule has 3 rings (SSSR count). The lowest BCUT2D eigenvalue weighted by atomic mass is 9.99. The third kappa shape index (κ3) is 2.63. The van der Waals surface area contributed by atoms with Crippen LogP contribution in [0.2, 0.25) is 0 Å². The molecule has 1 atom stereocenters. The van der Waals surface area contributed by atoms with Gasteiger partial charge in [0.25, 0.3) is 0 Å². The van der Waals surface area contributed by atoms with Crippen LogP contribution in [0.4, 0.5) is 0 Å². The first-order valence-electron chi connectivity index (χ1n) is 7.09. The van der Waals surface area contributed by atoms with Gasteiger partial charge >= 0.3 is 0 Å². The van der Waals surface area contributed by atoms with Crippen LogP contribution in [0.25, 0.3) is 11.0 Å². The molecule has 0 saturated carbocycles.